The Morgan fingerprint density at radius 3 is 2.61 bits per heavy atom. The van der Waals surface area contributed by atoms with Crippen molar-refractivity contribution in [3.05, 3.63) is 34.8 Å². The van der Waals surface area contributed by atoms with Crippen LogP contribution in [0.4, 0.5) is 0 Å². The lowest BCUT2D eigenvalue weighted by Gasteiger charge is -2.28. The van der Waals surface area contributed by atoms with Gasteiger partial charge in [-0.2, -0.15) is 0 Å². The fraction of sp³-hybridized carbons (Fsp3) is 0.708. The van der Waals surface area contributed by atoms with Crippen molar-refractivity contribution >= 4 is 17.7 Å². The van der Waals surface area contributed by atoms with Crippen molar-refractivity contribution in [2.75, 3.05) is 26.2 Å². The lowest BCUT2D eigenvalue weighted by molar-refractivity contribution is -0.127. The highest BCUT2D eigenvalue weighted by molar-refractivity contribution is 8.03. The maximum Gasteiger partial charge on any atom is 0.254 e. The molecule has 1 amide bonds. The zero-order chi connectivity index (χ0) is 19.3. The van der Waals surface area contributed by atoms with Crippen LogP contribution in [0.3, 0.4) is 0 Å². The molecule has 1 saturated carbocycles. The molecule has 1 atom stereocenters. The van der Waals surface area contributed by atoms with Gasteiger partial charge in [-0.25, -0.2) is 0 Å². The summed E-state index contributed by atoms with van der Waals surface area (Å²) in [5.74, 6) is 1.14. The van der Waals surface area contributed by atoms with Gasteiger partial charge < -0.3 is 9.80 Å². The summed E-state index contributed by atoms with van der Waals surface area (Å²) in [5, 5.41) is 0.768. The van der Waals surface area contributed by atoms with Gasteiger partial charge in [0.15, 0.2) is 0 Å². The van der Waals surface area contributed by atoms with E-state index >= 15 is 0 Å². The van der Waals surface area contributed by atoms with Crippen molar-refractivity contribution in [3.63, 3.8) is 0 Å². The highest BCUT2D eigenvalue weighted by atomic mass is 32.2. The van der Waals surface area contributed by atoms with E-state index in [1.807, 2.05) is 0 Å². The second-order valence-electron chi connectivity index (χ2n) is 9.16. The Bertz CT molecular complexity index is 639. The zero-order valence-corrected chi connectivity index (χ0v) is 18.3. The van der Waals surface area contributed by atoms with Crippen molar-refractivity contribution in [2.45, 2.75) is 76.0 Å². The molecule has 0 N–H and O–H groups in total. The average Bonchev–Trinajstić information content (AvgIpc) is 3.32. The van der Waals surface area contributed by atoms with E-state index in [1.54, 1.807) is 0 Å². The van der Waals surface area contributed by atoms with Crippen molar-refractivity contribution < 1.29 is 4.79 Å². The van der Waals surface area contributed by atoms with Crippen LogP contribution in [0.1, 0.15) is 64.7 Å². The lowest BCUT2D eigenvalue weighted by atomic mass is 9.91. The molecule has 0 aromatic heterocycles. The van der Waals surface area contributed by atoms with Crippen LogP contribution >= 0.6 is 11.8 Å². The van der Waals surface area contributed by atoms with Crippen molar-refractivity contribution in [3.8, 4) is 0 Å². The SMILES string of the molecule is CC1CCC(SC2=CC=C(C(=O)N3CCC[C@H]3CN3CCCC3)C=CC2)CC1. The Balaban J connectivity index is 1.36. The quantitative estimate of drug-likeness (QED) is 0.637. The number of hydrogen-bond acceptors (Lipinski definition) is 3. The van der Waals surface area contributed by atoms with Gasteiger partial charge in [0.1, 0.15) is 0 Å². The molecular weight excluding hydrogens is 364 g/mol. The Morgan fingerprint density at radius 2 is 1.82 bits per heavy atom. The van der Waals surface area contributed by atoms with E-state index in [-0.39, 0.29) is 5.91 Å². The molecule has 0 aromatic rings. The third kappa shape index (κ3) is 5.13. The maximum absolute atomic E-state index is 13.2. The highest BCUT2D eigenvalue weighted by Gasteiger charge is 2.31. The molecule has 2 aliphatic carbocycles. The van der Waals surface area contributed by atoms with Crippen LogP contribution in [0, 0.1) is 5.92 Å². The third-order valence-electron chi connectivity index (χ3n) is 6.90. The van der Waals surface area contributed by atoms with Gasteiger partial charge in [-0.1, -0.05) is 25.2 Å². The molecule has 2 heterocycles. The number of allylic oxidation sites excluding steroid dienone is 4. The second-order valence-corrected chi connectivity index (χ2v) is 10.6. The fourth-order valence-electron chi connectivity index (χ4n) is 5.12. The average molecular weight is 401 g/mol. The van der Waals surface area contributed by atoms with Crippen LogP contribution in [0.2, 0.25) is 0 Å². The summed E-state index contributed by atoms with van der Waals surface area (Å²) in [4.78, 5) is 19.4. The second kappa shape index (κ2) is 9.67. The summed E-state index contributed by atoms with van der Waals surface area (Å²) in [5.41, 5.74) is 0.876. The van der Waals surface area contributed by atoms with Gasteiger partial charge in [-0.3, -0.25) is 4.79 Å². The Labute approximate surface area is 175 Å². The molecule has 2 saturated heterocycles. The predicted octanol–water partition coefficient (Wildman–Crippen LogP) is 5.16. The van der Waals surface area contributed by atoms with Gasteiger partial charge in [0.25, 0.3) is 5.91 Å². The van der Waals surface area contributed by atoms with Gasteiger partial charge in [-0.15, -0.1) is 11.8 Å². The first kappa shape index (κ1) is 20.3. The smallest absolute Gasteiger partial charge is 0.254 e. The summed E-state index contributed by atoms with van der Waals surface area (Å²) in [7, 11) is 0. The molecular formula is C24H36N2OS. The van der Waals surface area contributed by atoms with E-state index in [1.165, 1.54) is 56.5 Å². The Morgan fingerprint density at radius 1 is 1.04 bits per heavy atom. The van der Waals surface area contributed by atoms with E-state index in [2.05, 4.69) is 52.8 Å². The van der Waals surface area contributed by atoms with Crippen LogP contribution in [-0.4, -0.2) is 53.2 Å². The number of carbonyl (C=O) groups is 1. The first-order valence-electron chi connectivity index (χ1n) is 11.5. The predicted molar refractivity (Wildman–Crippen MR) is 119 cm³/mol. The number of likely N-dealkylation sites (tertiary alicyclic amines) is 2. The maximum atomic E-state index is 13.2. The summed E-state index contributed by atoms with van der Waals surface area (Å²) < 4.78 is 0. The fourth-order valence-corrected chi connectivity index (χ4v) is 6.40. The van der Waals surface area contributed by atoms with Crippen LogP contribution in [0.15, 0.2) is 34.8 Å². The summed E-state index contributed by atoms with van der Waals surface area (Å²) >= 11 is 2.06. The molecule has 3 nitrogen and oxygen atoms in total. The first-order valence-corrected chi connectivity index (χ1v) is 12.3. The van der Waals surface area contributed by atoms with E-state index in [0.29, 0.717) is 6.04 Å². The number of amides is 1. The highest BCUT2D eigenvalue weighted by Crippen LogP contribution is 2.37. The largest absolute Gasteiger partial charge is 0.334 e. The van der Waals surface area contributed by atoms with Gasteiger partial charge in [0, 0.05) is 30.0 Å². The first-order chi connectivity index (χ1) is 13.7. The van der Waals surface area contributed by atoms with E-state index in [0.717, 1.165) is 49.1 Å². The number of nitrogens with zero attached hydrogens (tertiary/aromatic N) is 2. The van der Waals surface area contributed by atoms with Gasteiger partial charge >= 0.3 is 0 Å². The Kier molecular flexibility index (Phi) is 7.00. The zero-order valence-electron chi connectivity index (χ0n) is 17.4. The monoisotopic (exact) mass is 400 g/mol. The Hall–Kier alpha value is -1.00. The molecule has 2 aliphatic heterocycles. The number of carbonyl (C=O) groups excluding carboxylic acids is 1. The standard InChI is InChI=1S/C24H36N2OS/c1-19-9-12-23(13-10-19)28-22-8-4-6-20(11-14-22)24(27)26-17-5-7-21(26)18-25-15-2-3-16-25/h4,6,11,14,19,21,23H,2-3,5,7-10,12-13,15-18H2,1H3/t19?,21-,23?/m0/s1. The molecule has 3 fully saturated rings. The molecule has 4 aliphatic rings. The van der Waals surface area contributed by atoms with Crippen LogP contribution < -0.4 is 0 Å². The molecule has 0 spiro atoms. The number of rotatable bonds is 5. The molecule has 4 rings (SSSR count). The summed E-state index contributed by atoms with van der Waals surface area (Å²) in [6.07, 6.45) is 19.9. The molecule has 0 aromatic carbocycles. The number of hydrogen-bond donors (Lipinski definition) is 0. The normalized spacial score (nSPS) is 31.6. The van der Waals surface area contributed by atoms with E-state index in [9.17, 15) is 4.79 Å². The van der Waals surface area contributed by atoms with Gasteiger partial charge in [0.05, 0.1) is 0 Å². The minimum absolute atomic E-state index is 0.243. The van der Waals surface area contributed by atoms with Crippen LogP contribution in [0.25, 0.3) is 0 Å². The third-order valence-corrected chi connectivity index (χ3v) is 8.31. The minimum atomic E-state index is 0.243. The molecule has 0 unspecified atom stereocenters. The molecule has 28 heavy (non-hydrogen) atoms. The lowest BCUT2D eigenvalue weighted by Crippen LogP contribution is -2.42. The molecule has 0 radical (unpaired) electrons. The van der Waals surface area contributed by atoms with Crippen LogP contribution in [0.5, 0.6) is 0 Å². The summed E-state index contributed by atoms with van der Waals surface area (Å²) in [6.45, 7) is 6.80. The topological polar surface area (TPSA) is 23.6 Å². The molecule has 0 bridgehead atoms. The van der Waals surface area contributed by atoms with Gasteiger partial charge in [-0.05, 0) is 87.8 Å². The van der Waals surface area contributed by atoms with Crippen LogP contribution in [-0.2, 0) is 4.79 Å². The molecule has 154 valence electrons. The minimum Gasteiger partial charge on any atom is -0.334 e. The van der Waals surface area contributed by atoms with Crippen molar-refractivity contribution in [2.24, 2.45) is 5.92 Å². The van der Waals surface area contributed by atoms with E-state index in [4.69, 9.17) is 0 Å². The number of thioether (sulfide) groups is 1. The summed E-state index contributed by atoms with van der Waals surface area (Å²) in [6, 6.07) is 0.408. The van der Waals surface area contributed by atoms with E-state index < -0.39 is 0 Å². The van der Waals surface area contributed by atoms with Gasteiger partial charge in [0.2, 0.25) is 0 Å². The van der Waals surface area contributed by atoms with Crippen molar-refractivity contribution in [1.29, 1.82) is 0 Å². The van der Waals surface area contributed by atoms with Crippen molar-refractivity contribution in [1.82, 2.24) is 9.80 Å². The molecule has 4 heteroatoms.